The molecule has 0 heterocycles. The maximum Gasteiger partial charge on any atom is 0.0255 e. The van der Waals surface area contributed by atoms with Gasteiger partial charge in [-0.15, -0.1) is 0 Å². The molecular formula is C20H25N. The standard InChI is InChI=1S/C20H25N/c1-3-9-19(21-14-4-2)20-17-12-7-5-10-15(17)16-11-6-8-13-18(16)20/h5-8,10-13,19-21H,3-4,9,14H2,1-2H3. The van der Waals surface area contributed by atoms with E-state index < -0.39 is 0 Å². The Balaban J connectivity index is 2.04. The molecule has 0 saturated heterocycles. The fourth-order valence-electron chi connectivity index (χ4n) is 3.66. The van der Waals surface area contributed by atoms with Gasteiger partial charge in [0.25, 0.3) is 0 Å². The summed E-state index contributed by atoms with van der Waals surface area (Å²) >= 11 is 0. The average molecular weight is 279 g/mol. The molecule has 1 N–H and O–H groups in total. The number of rotatable bonds is 6. The van der Waals surface area contributed by atoms with Crippen LogP contribution in [0.25, 0.3) is 11.1 Å². The number of benzene rings is 2. The summed E-state index contributed by atoms with van der Waals surface area (Å²) in [5.74, 6) is 0.504. The molecule has 1 nitrogen and oxygen atoms in total. The summed E-state index contributed by atoms with van der Waals surface area (Å²) in [6.07, 6.45) is 3.64. The zero-order valence-electron chi connectivity index (χ0n) is 13.1. The van der Waals surface area contributed by atoms with Gasteiger partial charge in [0, 0.05) is 12.0 Å². The summed E-state index contributed by atoms with van der Waals surface area (Å²) in [4.78, 5) is 0. The lowest BCUT2D eigenvalue weighted by Gasteiger charge is -2.26. The minimum Gasteiger partial charge on any atom is -0.313 e. The molecule has 1 aliphatic carbocycles. The second kappa shape index (κ2) is 6.44. The zero-order valence-corrected chi connectivity index (χ0v) is 13.1. The van der Waals surface area contributed by atoms with Crippen molar-refractivity contribution in [1.29, 1.82) is 0 Å². The molecule has 1 unspecified atom stereocenters. The van der Waals surface area contributed by atoms with Crippen LogP contribution in [-0.2, 0) is 0 Å². The van der Waals surface area contributed by atoms with Gasteiger partial charge in [0.1, 0.15) is 0 Å². The SMILES string of the molecule is CCCNC(CCC)C1c2ccccc2-c2ccccc21. The maximum atomic E-state index is 3.79. The molecule has 0 radical (unpaired) electrons. The van der Waals surface area contributed by atoms with Crippen LogP contribution in [-0.4, -0.2) is 12.6 Å². The van der Waals surface area contributed by atoms with Crippen molar-refractivity contribution >= 4 is 0 Å². The van der Waals surface area contributed by atoms with Crippen LogP contribution in [0.3, 0.4) is 0 Å². The number of nitrogens with one attached hydrogen (secondary N) is 1. The van der Waals surface area contributed by atoms with Crippen molar-refractivity contribution in [3.63, 3.8) is 0 Å². The second-order valence-electron chi connectivity index (χ2n) is 6.00. The van der Waals surface area contributed by atoms with Gasteiger partial charge in [-0.3, -0.25) is 0 Å². The van der Waals surface area contributed by atoms with Gasteiger partial charge in [-0.2, -0.15) is 0 Å². The third kappa shape index (κ3) is 2.63. The van der Waals surface area contributed by atoms with Crippen LogP contribution in [0.5, 0.6) is 0 Å². The molecule has 2 aromatic rings. The van der Waals surface area contributed by atoms with Gasteiger partial charge in [-0.1, -0.05) is 68.8 Å². The summed E-state index contributed by atoms with van der Waals surface area (Å²) in [5, 5.41) is 3.79. The van der Waals surface area contributed by atoms with Gasteiger partial charge in [0.2, 0.25) is 0 Å². The van der Waals surface area contributed by atoms with Gasteiger partial charge < -0.3 is 5.32 Å². The van der Waals surface area contributed by atoms with Gasteiger partial charge in [-0.05, 0) is 41.6 Å². The third-order valence-electron chi connectivity index (χ3n) is 4.54. The van der Waals surface area contributed by atoms with Crippen LogP contribution in [0, 0.1) is 0 Å². The van der Waals surface area contributed by atoms with Crippen LogP contribution in [0.15, 0.2) is 48.5 Å². The van der Waals surface area contributed by atoms with Crippen LogP contribution in [0.4, 0.5) is 0 Å². The van der Waals surface area contributed by atoms with Crippen LogP contribution in [0.1, 0.15) is 50.2 Å². The van der Waals surface area contributed by atoms with Crippen molar-refractivity contribution in [3.8, 4) is 11.1 Å². The van der Waals surface area contributed by atoms with Crippen LogP contribution < -0.4 is 5.32 Å². The minimum atomic E-state index is 0.504. The van der Waals surface area contributed by atoms with Gasteiger partial charge in [0.15, 0.2) is 0 Å². The Labute approximate surface area is 128 Å². The molecule has 110 valence electrons. The molecule has 0 aliphatic heterocycles. The zero-order chi connectivity index (χ0) is 14.7. The molecule has 0 bridgehead atoms. The van der Waals surface area contributed by atoms with E-state index in [1.165, 1.54) is 41.5 Å². The maximum absolute atomic E-state index is 3.79. The summed E-state index contributed by atoms with van der Waals surface area (Å²) in [7, 11) is 0. The Hall–Kier alpha value is -1.60. The van der Waals surface area contributed by atoms with E-state index in [0.717, 1.165) is 6.54 Å². The highest BCUT2D eigenvalue weighted by Gasteiger charge is 2.33. The van der Waals surface area contributed by atoms with E-state index in [1.807, 2.05) is 0 Å². The van der Waals surface area contributed by atoms with Crippen molar-refractivity contribution < 1.29 is 0 Å². The van der Waals surface area contributed by atoms with E-state index in [9.17, 15) is 0 Å². The van der Waals surface area contributed by atoms with Crippen molar-refractivity contribution in [1.82, 2.24) is 5.32 Å². The minimum absolute atomic E-state index is 0.504. The quantitative estimate of drug-likeness (QED) is 0.787. The molecule has 0 amide bonds. The van der Waals surface area contributed by atoms with E-state index >= 15 is 0 Å². The smallest absolute Gasteiger partial charge is 0.0255 e. The normalized spacial score (nSPS) is 14.8. The van der Waals surface area contributed by atoms with Gasteiger partial charge in [0.05, 0.1) is 0 Å². The van der Waals surface area contributed by atoms with Gasteiger partial charge >= 0.3 is 0 Å². The van der Waals surface area contributed by atoms with Crippen LogP contribution >= 0.6 is 0 Å². The van der Waals surface area contributed by atoms with Crippen molar-refractivity contribution in [2.75, 3.05) is 6.54 Å². The fourth-order valence-corrected chi connectivity index (χ4v) is 3.66. The van der Waals surface area contributed by atoms with Crippen LogP contribution in [0.2, 0.25) is 0 Å². The van der Waals surface area contributed by atoms with Crippen molar-refractivity contribution in [2.45, 2.75) is 45.1 Å². The van der Waals surface area contributed by atoms with Crippen molar-refractivity contribution in [3.05, 3.63) is 59.7 Å². The predicted molar refractivity (Wildman–Crippen MR) is 90.7 cm³/mol. The molecule has 0 aromatic heterocycles. The van der Waals surface area contributed by atoms with E-state index in [4.69, 9.17) is 0 Å². The summed E-state index contributed by atoms with van der Waals surface area (Å²) in [6.45, 7) is 5.63. The molecule has 21 heavy (non-hydrogen) atoms. The predicted octanol–water partition coefficient (Wildman–Crippen LogP) is 4.97. The highest BCUT2D eigenvalue weighted by molar-refractivity contribution is 5.79. The van der Waals surface area contributed by atoms with E-state index in [2.05, 4.69) is 67.7 Å². The highest BCUT2D eigenvalue weighted by Crippen LogP contribution is 2.46. The Kier molecular flexibility index (Phi) is 4.40. The van der Waals surface area contributed by atoms with E-state index in [1.54, 1.807) is 0 Å². The molecule has 0 spiro atoms. The average Bonchev–Trinajstić information content (AvgIpc) is 2.86. The molecule has 1 aliphatic rings. The second-order valence-corrected chi connectivity index (χ2v) is 6.00. The van der Waals surface area contributed by atoms with E-state index in [-0.39, 0.29) is 0 Å². The molecule has 0 fully saturated rings. The first-order valence-corrected chi connectivity index (χ1v) is 8.28. The van der Waals surface area contributed by atoms with Crippen molar-refractivity contribution in [2.24, 2.45) is 0 Å². The molecule has 0 saturated carbocycles. The van der Waals surface area contributed by atoms with Gasteiger partial charge in [-0.25, -0.2) is 0 Å². The number of hydrogen-bond donors (Lipinski definition) is 1. The fraction of sp³-hybridized carbons (Fsp3) is 0.400. The largest absolute Gasteiger partial charge is 0.313 e. The summed E-state index contributed by atoms with van der Waals surface area (Å²) in [6, 6.07) is 18.4. The Morgan fingerprint density at radius 3 is 1.95 bits per heavy atom. The Morgan fingerprint density at radius 2 is 1.43 bits per heavy atom. The third-order valence-corrected chi connectivity index (χ3v) is 4.54. The number of fused-ring (bicyclic) bond motifs is 3. The molecule has 2 aromatic carbocycles. The molecule has 1 atom stereocenters. The lowest BCUT2D eigenvalue weighted by atomic mass is 9.87. The number of hydrogen-bond acceptors (Lipinski definition) is 1. The first-order valence-electron chi connectivity index (χ1n) is 8.28. The van der Waals surface area contributed by atoms with E-state index in [0.29, 0.717) is 12.0 Å². The first kappa shape index (κ1) is 14.3. The molecule has 1 heteroatoms. The molecular weight excluding hydrogens is 254 g/mol. The Bertz CT molecular complexity index is 557. The summed E-state index contributed by atoms with van der Waals surface area (Å²) in [5.41, 5.74) is 5.86. The lowest BCUT2D eigenvalue weighted by molar-refractivity contribution is 0.439. The highest BCUT2D eigenvalue weighted by atomic mass is 14.9. The monoisotopic (exact) mass is 279 g/mol. The Morgan fingerprint density at radius 1 is 0.857 bits per heavy atom. The topological polar surface area (TPSA) is 12.0 Å². The molecule has 3 rings (SSSR count). The lowest BCUT2D eigenvalue weighted by Crippen LogP contribution is -2.35. The first-order chi connectivity index (χ1) is 10.4. The summed E-state index contributed by atoms with van der Waals surface area (Å²) < 4.78 is 0.